The number of hydrogen-bond acceptors (Lipinski definition) is 2. The lowest BCUT2D eigenvalue weighted by Crippen LogP contribution is -2.40. The van der Waals surface area contributed by atoms with Crippen molar-refractivity contribution in [2.75, 3.05) is 13.2 Å². The Labute approximate surface area is 81.5 Å². The Balaban J connectivity index is 2.30. The molecule has 1 aliphatic carbocycles. The Morgan fingerprint density at radius 2 is 2.14 bits per heavy atom. The van der Waals surface area contributed by atoms with E-state index in [0.29, 0.717) is 0 Å². The first-order valence-electron chi connectivity index (χ1n) is 4.55. The van der Waals surface area contributed by atoms with Gasteiger partial charge >= 0.3 is 0 Å². The van der Waals surface area contributed by atoms with Gasteiger partial charge in [0.2, 0.25) is 5.91 Å². The maximum atomic E-state index is 12.5. The van der Waals surface area contributed by atoms with Gasteiger partial charge in [0, 0.05) is 5.92 Å². The first-order chi connectivity index (χ1) is 6.28. The molecule has 1 saturated carbocycles. The van der Waals surface area contributed by atoms with E-state index in [-0.39, 0.29) is 17.2 Å². The second-order valence-corrected chi connectivity index (χ2v) is 4.48. The van der Waals surface area contributed by atoms with Gasteiger partial charge in [-0.15, -0.1) is 0 Å². The van der Waals surface area contributed by atoms with Gasteiger partial charge in [-0.1, -0.05) is 13.8 Å². The average molecular weight is 207 g/mol. The van der Waals surface area contributed by atoms with Crippen molar-refractivity contribution in [3.63, 3.8) is 0 Å². The van der Waals surface area contributed by atoms with Crippen molar-refractivity contribution in [3.05, 3.63) is 0 Å². The molecule has 1 rings (SSSR count). The molecule has 1 fully saturated rings. The number of alkyl halides is 2. The molecule has 3 nitrogen and oxygen atoms in total. The van der Waals surface area contributed by atoms with Crippen molar-refractivity contribution in [1.29, 1.82) is 0 Å². The standard InChI is InChI=1S/C9H15F2NO2/c1-8(2)3-6(8)7(14)12-4-9(10,11)5-13/h6,13H,3-5H2,1-2H3,(H,12,14). The third-order valence-corrected chi connectivity index (χ3v) is 2.58. The molecule has 14 heavy (non-hydrogen) atoms. The predicted octanol–water partition coefficient (Wildman–Crippen LogP) is 0.776. The minimum absolute atomic E-state index is 0.0570. The van der Waals surface area contributed by atoms with Crippen LogP contribution in [0.4, 0.5) is 8.78 Å². The second kappa shape index (κ2) is 3.46. The van der Waals surface area contributed by atoms with Gasteiger partial charge in [-0.25, -0.2) is 8.78 Å². The zero-order valence-electron chi connectivity index (χ0n) is 8.31. The van der Waals surface area contributed by atoms with Crippen LogP contribution in [0.15, 0.2) is 0 Å². The van der Waals surface area contributed by atoms with Crippen molar-refractivity contribution in [2.45, 2.75) is 26.2 Å². The smallest absolute Gasteiger partial charge is 0.287 e. The minimum Gasteiger partial charge on any atom is -0.390 e. The number of carbonyl (C=O) groups excluding carboxylic acids is 1. The van der Waals surface area contributed by atoms with Gasteiger partial charge in [0.25, 0.3) is 5.92 Å². The number of amides is 1. The molecule has 1 atom stereocenters. The van der Waals surface area contributed by atoms with Crippen molar-refractivity contribution in [3.8, 4) is 0 Å². The van der Waals surface area contributed by atoms with Crippen LogP contribution in [-0.4, -0.2) is 30.1 Å². The second-order valence-electron chi connectivity index (χ2n) is 4.48. The zero-order valence-corrected chi connectivity index (χ0v) is 8.31. The molecule has 5 heteroatoms. The van der Waals surface area contributed by atoms with E-state index in [2.05, 4.69) is 5.32 Å². The van der Waals surface area contributed by atoms with Gasteiger partial charge in [0.1, 0.15) is 6.61 Å². The number of hydrogen-bond donors (Lipinski definition) is 2. The van der Waals surface area contributed by atoms with E-state index in [0.717, 1.165) is 6.42 Å². The Morgan fingerprint density at radius 1 is 1.64 bits per heavy atom. The molecule has 0 aromatic heterocycles. The van der Waals surface area contributed by atoms with Crippen LogP contribution in [0.25, 0.3) is 0 Å². The van der Waals surface area contributed by atoms with Crippen LogP contribution in [0.1, 0.15) is 20.3 Å². The van der Waals surface area contributed by atoms with E-state index in [1.165, 1.54) is 0 Å². The van der Waals surface area contributed by atoms with Gasteiger partial charge in [0.05, 0.1) is 6.54 Å². The summed E-state index contributed by atoms with van der Waals surface area (Å²) in [7, 11) is 0. The molecular formula is C9H15F2NO2. The summed E-state index contributed by atoms with van der Waals surface area (Å²) < 4.78 is 25.0. The molecule has 0 aromatic carbocycles. The van der Waals surface area contributed by atoms with Crippen LogP contribution in [0, 0.1) is 11.3 Å². The quantitative estimate of drug-likeness (QED) is 0.715. The molecule has 1 unspecified atom stereocenters. The molecule has 0 spiro atoms. The normalized spacial score (nSPS) is 24.5. The Hall–Kier alpha value is -0.710. The number of aliphatic hydroxyl groups excluding tert-OH is 1. The van der Waals surface area contributed by atoms with Gasteiger partial charge in [-0.2, -0.15) is 0 Å². The fourth-order valence-corrected chi connectivity index (χ4v) is 1.31. The molecule has 0 saturated heterocycles. The number of aliphatic hydroxyl groups is 1. The lowest BCUT2D eigenvalue weighted by atomic mass is 10.1. The molecule has 0 radical (unpaired) electrons. The summed E-state index contributed by atoms with van der Waals surface area (Å²) in [5.74, 6) is -3.71. The highest BCUT2D eigenvalue weighted by atomic mass is 19.3. The number of halogens is 2. The SMILES string of the molecule is CC1(C)CC1C(=O)NCC(F)(F)CO. The van der Waals surface area contributed by atoms with Crippen LogP contribution in [0.2, 0.25) is 0 Å². The summed E-state index contributed by atoms with van der Waals surface area (Å²) in [5, 5.41) is 10.4. The van der Waals surface area contributed by atoms with Crippen molar-refractivity contribution >= 4 is 5.91 Å². The number of nitrogens with one attached hydrogen (secondary N) is 1. The van der Waals surface area contributed by atoms with Crippen LogP contribution in [0.3, 0.4) is 0 Å². The van der Waals surface area contributed by atoms with Crippen LogP contribution < -0.4 is 5.32 Å². The molecule has 1 amide bonds. The van der Waals surface area contributed by atoms with E-state index in [1.54, 1.807) is 0 Å². The van der Waals surface area contributed by atoms with Gasteiger partial charge < -0.3 is 10.4 Å². The van der Waals surface area contributed by atoms with Crippen molar-refractivity contribution in [1.82, 2.24) is 5.32 Å². The Bertz CT molecular complexity index is 241. The summed E-state index contributed by atoms with van der Waals surface area (Å²) in [6, 6.07) is 0. The monoisotopic (exact) mass is 207 g/mol. The fourth-order valence-electron chi connectivity index (χ4n) is 1.31. The molecule has 2 N–H and O–H groups in total. The largest absolute Gasteiger partial charge is 0.390 e. The van der Waals surface area contributed by atoms with Gasteiger partial charge in [-0.05, 0) is 11.8 Å². The summed E-state index contributed by atoms with van der Waals surface area (Å²) >= 11 is 0. The maximum absolute atomic E-state index is 12.5. The molecule has 0 heterocycles. The van der Waals surface area contributed by atoms with E-state index in [4.69, 9.17) is 5.11 Å². The fraction of sp³-hybridized carbons (Fsp3) is 0.889. The molecule has 0 bridgehead atoms. The first kappa shape index (κ1) is 11.4. The van der Waals surface area contributed by atoms with Gasteiger partial charge in [0.15, 0.2) is 0 Å². The minimum atomic E-state index is -3.21. The summed E-state index contributed by atoms with van der Waals surface area (Å²) in [4.78, 5) is 11.3. The Kier molecular flexibility index (Phi) is 2.81. The zero-order chi connectivity index (χ0) is 11.0. The highest BCUT2D eigenvalue weighted by Crippen LogP contribution is 2.51. The first-order valence-corrected chi connectivity index (χ1v) is 4.55. The van der Waals surface area contributed by atoms with Crippen molar-refractivity contribution in [2.24, 2.45) is 11.3 Å². The molecule has 0 aromatic rings. The van der Waals surface area contributed by atoms with E-state index in [1.807, 2.05) is 13.8 Å². The van der Waals surface area contributed by atoms with Crippen LogP contribution in [-0.2, 0) is 4.79 Å². The molecule has 82 valence electrons. The van der Waals surface area contributed by atoms with E-state index >= 15 is 0 Å². The Morgan fingerprint density at radius 3 is 2.50 bits per heavy atom. The molecular weight excluding hydrogens is 192 g/mol. The summed E-state index contributed by atoms with van der Waals surface area (Å²) in [5.41, 5.74) is -0.0570. The van der Waals surface area contributed by atoms with Crippen molar-refractivity contribution < 1.29 is 18.7 Å². The third-order valence-electron chi connectivity index (χ3n) is 2.58. The molecule has 0 aliphatic heterocycles. The number of rotatable bonds is 4. The van der Waals surface area contributed by atoms with E-state index in [9.17, 15) is 13.6 Å². The highest BCUT2D eigenvalue weighted by molar-refractivity contribution is 5.82. The lowest BCUT2D eigenvalue weighted by molar-refractivity contribution is -0.125. The van der Waals surface area contributed by atoms with Crippen LogP contribution >= 0.6 is 0 Å². The highest BCUT2D eigenvalue weighted by Gasteiger charge is 2.50. The van der Waals surface area contributed by atoms with Gasteiger partial charge in [-0.3, -0.25) is 4.79 Å². The summed E-state index contributed by atoms with van der Waals surface area (Å²) in [6.45, 7) is 1.82. The third kappa shape index (κ3) is 2.64. The maximum Gasteiger partial charge on any atom is 0.287 e. The predicted molar refractivity (Wildman–Crippen MR) is 46.9 cm³/mol. The van der Waals surface area contributed by atoms with E-state index < -0.39 is 19.1 Å². The summed E-state index contributed by atoms with van der Waals surface area (Å²) in [6.07, 6.45) is 0.740. The lowest BCUT2D eigenvalue weighted by Gasteiger charge is -2.14. The van der Waals surface area contributed by atoms with Crippen LogP contribution in [0.5, 0.6) is 0 Å². The average Bonchev–Trinajstić information content (AvgIpc) is 2.71. The molecule has 1 aliphatic rings. The number of carbonyl (C=O) groups is 1. The topological polar surface area (TPSA) is 49.3 Å².